The maximum absolute atomic E-state index is 13.5. The largest absolute Gasteiger partial charge is 0.455 e. The van der Waals surface area contributed by atoms with E-state index in [0.29, 0.717) is 6.42 Å². The highest BCUT2D eigenvalue weighted by atomic mass is 32.2. The van der Waals surface area contributed by atoms with Crippen molar-refractivity contribution in [3.05, 3.63) is 65.2 Å². The van der Waals surface area contributed by atoms with E-state index in [1.807, 2.05) is 38.1 Å². The summed E-state index contributed by atoms with van der Waals surface area (Å²) in [5, 5.41) is 2.82. The van der Waals surface area contributed by atoms with Crippen LogP contribution in [0.2, 0.25) is 0 Å². The Morgan fingerprint density at radius 2 is 1.85 bits per heavy atom. The van der Waals surface area contributed by atoms with Gasteiger partial charge in [0.25, 0.3) is 5.91 Å². The van der Waals surface area contributed by atoms with Crippen molar-refractivity contribution in [2.24, 2.45) is 0 Å². The molecule has 1 N–H and O–H groups in total. The minimum atomic E-state index is -0.679. The third-order valence-corrected chi connectivity index (χ3v) is 4.83. The van der Waals surface area contributed by atoms with Gasteiger partial charge in [0.2, 0.25) is 0 Å². The van der Waals surface area contributed by atoms with Crippen molar-refractivity contribution in [1.82, 2.24) is 5.32 Å². The molecule has 144 valence electrons. The van der Waals surface area contributed by atoms with Crippen LogP contribution in [-0.4, -0.2) is 24.2 Å². The second-order valence-corrected chi connectivity index (χ2v) is 6.98. The molecular formula is C20H21F2NO3S. The number of aryl methyl sites for hydroxylation is 1. The molecule has 0 saturated carbocycles. The van der Waals surface area contributed by atoms with Gasteiger partial charge in [-0.2, -0.15) is 0 Å². The van der Waals surface area contributed by atoms with Crippen LogP contribution in [0.3, 0.4) is 0 Å². The molecule has 4 nitrogen and oxygen atoms in total. The molecule has 27 heavy (non-hydrogen) atoms. The first-order valence-electron chi connectivity index (χ1n) is 8.48. The first-order valence-corrected chi connectivity index (χ1v) is 9.47. The highest BCUT2D eigenvalue weighted by Crippen LogP contribution is 2.22. The molecular weight excluding hydrogens is 372 g/mol. The zero-order chi connectivity index (χ0) is 19.8. The SMILES string of the molecule is CC[C@H](NC(=O)COC(=O)CSc1cc(F)ccc1F)c1ccc(C)cc1. The number of ether oxygens (including phenoxy) is 1. The van der Waals surface area contributed by atoms with E-state index in [-0.39, 0.29) is 16.7 Å². The number of hydrogen-bond acceptors (Lipinski definition) is 4. The lowest BCUT2D eigenvalue weighted by Gasteiger charge is -2.17. The van der Waals surface area contributed by atoms with E-state index in [2.05, 4.69) is 5.32 Å². The predicted octanol–water partition coefficient (Wildman–Crippen LogP) is 4.18. The maximum atomic E-state index is 13.5. The van der Waals surface area contributed by atoms with Crippen LogP contribution >= 0.6 is 11.8 Å². The molecule has 0 aromatic heterocycles. The summed E-state index contributed by atoms with van der Waals surface area (Å²) >= 11 is 0.816. The number of halogens is 2. The summed E-state index contributed by atoms with van der Waals surface area (Å²) < 4.78 is 31.5. The molecule has 0 unspecified atom stereocenters. The van der Waals surface area contributed by atoms with Crippen molar-refractivity contribution >= 4 is 23.6 Å². The van der Waals surface area contributed by atoms with Gasteiger partial charge in [-0.25, -0.2) is 8.78 Å². The Bertz CT molecular complexity index is 796. The third-order valence-electron chi connectivity index (χ3n) is 3.83. The van der Waals surface area contributed by atoms with Gasteiger partial charge in [0.05, 0.1) is 11.8 Å². The molecule has 0 fully saturated rings. The van der Waals surface area contributed by atoms with Gasteiger partial charge in [-0.3, -0.25) is 9.59 Å². The van der Waals surface area contributed by atoms with E-state index in [1.54, 1.807) is 0 Å². The lowest BCUT2D eigenvalue weighted by molar-refractivity contribution is -0.146. The number of rotatable bonds is 8. The number of carbonyl (C=O) groups is 2. The van der Waals surface area contributed by atoms with Crippen LogP contribution in [-0.2, 0) is 14.3 Å². The quantitative estimate of drug-likeness (QED) is 0.540. The van der Waals surface area contributed by atoms with Crippen molar-refractivity contribution in [2.75, 3.05) is 12.4 Å². The lowest BCUT2D eigenvalue weighted by atomic mass is 10.0. The van der Waals surface area contributed by atoms with Crippen LogP contribution < -0.4 is 5.32 Å². The maximum Gasteiger partial charge on any atom is 0.316 e. The highest BCUT2D eigenvalue weighted by Gasteiger charge is 2.15. The highest BCUT2D eigenvalue weighted by molar-refractivity contribution is 8.00. The van der Waals surface area contributed by atoms with Gasteiger partial charge in [0, 0.05) is 4.90 Å². The number of thioether (sulfide) groups is 1. The number of esters is 1. The van der Waals surface area contributed by atoms with Crippen LogP contribution in [0.25, 0.3) is 0 Å². The van der Waals surface area contributed by atoms with Crippen LogP contribution in [0.15, 0.2) is 47.4 Å². The molecule has 1 amide bonds. The summed E-state index contributed by atoms with van der Waals surface area (Å²) in [6.45, 7) is 3.50. The average Bonchev–Trinajstić information content (AvgIpc) is 2.66. The van der Waals surface area contributed by atoms with Gasteiger partial charge < -0.3 is 10.1 Å². The summed E-state index contributed by atoms with van der Waals surface area (Å²) in [4.78, 5) is 23.8. The van der Waals surface area contributed by atoms with Crippen molar-refractivity contribution in [2.45, 2.75) is 31.2 Å². The van der Waals surface area contributed by atoms with E-state index >= 15 is 0 Å². The fraction of sp³-hybridized carbons (Fsp3) is 0.300. The van der Waals surface area contributed by atoms with Crippen LogP contribution in [0.1, 0.15) is 30.5 Å². The fourth-order valence-corrected chi connectivity index (χ4v) is 3.13. The fourth-order valence-electron chi connectivity index (χ4n) is 2.37. The second kappa shape index (κ2) is 10.1. The molecule has 0 aliphatic rings. The molecule has 1 atom stereocenters. The Hall–Kier alpha value is -2.41. The molecule has 0 aliphatic carbocycles. The van der Waals surface area contributed by atoms with E-state index in [4.69, 9.17) is 4.74 Å². The van der Waals surface area contributed by atoms with Crippen LogP contribution in [0.5, 0.6) is 0 Å². The van der Waals surface area contributed by atoms with Gasteiger partial charge in [0.15, 0.2) is 6.61 Å². The van der Waals surface area contributed by atoms with Crippen LogP contribution in [0, 0.1) is 18.6 Å². The molecule has 0 saturated heterocycles. The van der Waals surface area contributed by atoms with Crippen molar-refractivity contribution in [3.63, 3.8) is 0 Å². The van der Waals surface area contributed by atoms with Gasteiger partial charge >= 0.3 is 5.97 Å². The molecule has 0 heterocycles. The summed E-state index contributed by atoms with van der Waals surface area (Å²) in [6, 6.07) is 10.6. The molecule has 2 aromatic rings. The normalized spacial score (nSPS) is 11.7. The number of nitrogens with one attached hydrogen (secondary N) is 1. The number of benzene rings is 2. The number of hydrogen-bond donors (Lipinski definition) is 1. The smallest absolute Gasteiger partial charge is 0.316 e. The second-order valence-electron chi connectivity index (χ2n) is 5.96. The summed E-state index contributed by atoms with van der Waals surface area (Å²) in [5.41, 5.74) is 2.10. The van der Waals surface area contributed by atoms with E-state index in [9.17, 15) is 18.4 Å². The molecule has 2 aromatic carbocycles. The molecule has 0 spiro atoms. The predicted molar refractivity (Wildman–Crippen MR) is 100 cm³/mol. The summed E-state index contributed by atoms with van der Waals surface area (Å²) in [5.74, 6) is -2.52. The van der Waals surface area contributed by atoms with E-state index in [0.717, 1.165) is 41.1 Å². The summed E-state index contributed by atoms with van der Waals surface area (Å²) in [6.07, 6.45) is 0.692. The third kappa shape index (κ3) is 6.67. The van der Waals surface area contributed by atoms with Gasteiger partial charge in [-0.15, -0.1) is 11.8 Å². The average molecular weight is 393 g/mol. The first-order chi connectivity index (χ1) is 12.9. The topological polar surface area (TPSA) is 55.4 Å². The molecule has 0 aliphatic heterocycles. The zero-order valence-corrected chi connectivity index (χ0v) is 15.9. The zero-order valence-electron chi connectivity index (χ0n) is 15.1. The Labute approximate surface area is 161 Å². The van der Waals surface area contributed by atoms with Crippen molar-refractivity contribution in [1.29, 1.82) is 0 Å². The Morgan fingerprint density at radius 1 is 1.15 bits per heavy atom. The van der Waals surface area contributed by atoms with Crippen LogP contribution in [0.4, 0.5) is 8.78 Å². The molecule has 7 heteroatoms. The standard InChI is InChI=1S/C20H21F2NO3S/c1-3-17(14-6-4-13(2)5-7-14)23-19(24)11-26-20(25)12-27-18-10-15(21)8-9-16(18)22/h4-10,17H,3,11-12H2,1-2H3,(H,23,24)/t17-/m0/s1. The van der Waals surface area contributed by atoms with Gasteiger partial charge in [-0.1, -0.05) is 36.8 Å². The minimum Gasteiger partial charge on any atom is -0.455 e. The first kappa shape index (κ1) is 20.9. The van der Waals surface area contributed by atoms with E-state index < -0.39 is 30.1 Å². The monoisotopic (exact) mass is 393 g/mol. The Kier molecular flexibility index (Phi) is 7.79. The summed E-state index contributed by atoms with van der Waals surface area (Å²) in [7, 11) is 0. The Morgan fingerprint density at radius 3 is 2.52 bits per heavy atom. The lowest BCUT2D eigenvalue weighted by Crippen LogP contribution is -2.32. The van der Waals surface area contributed by atoms with Gasteiger partial charge in [0.1, 0.15) is 11.6 Å². The number of amides is 1. The molecule has 0 bridgehead atoms. The van der Waals surface area contributed by atoms with Gasteiger partial charge in [-0.05, 0) is 37.1 Å². The molecule has 0 radical (unpaired) electrons. The van der Waals surface area contributed by atoms with Crippen molar-refractivity contribution in [3.8, 4) is 0 Å². The minimum absolute atomic E-state index is 0.0156. The number of carbonyl (C=O) groups excluding carboxylic acids is 2. The van der Waals surface area contributed by atoms with E-state index in [1.165, 1.54) is 0 Å². The molecule has 2 rings (SSSR count). The van der Waals surface area contributed by atoms with Crippen molar-refractivity contribution < 1.29 is 23.1 Å². The Balaban J connectivity index is 1.79.